The van der Waals surface area contributed by atoms with Crippen LogP contribution >= 0.6 is 0 Å². The second-order valence-electron chi connectivity index (χ2n) is 9.02. The van der Waals surface area contributed by atoms with Gasteiger partial charge in [0.1, 0.15) is 5.75 Å². The molecule has 1 N–H and O–H groups in total. The average molecular weight is 436 g/mol. The van der Waals surface area contributed by atoms with E-state index in [4.69, 9.17) is 4.74 Å². The van der Waals surface area contributed by atoms with Crippen molar-refractivity contribution in [3.05, 3.63) is 59.4 Å². The number of amides is 2. The number of carbonyl (C=O) groups excluding carboxylic acids is 2. The number of hydrogen-bond acceptors (Lipinski definition) is 4. The molecular weight excluding hydrogens is 402 g/mol. The van der Waals surface area contributed by atoms with E-state index in [2.05, 4.69) is 27.3 Å². The van der Waals surface area contributed by atoms with Gasteiger partial charge in [-0.3, -0.25) is 14.6 Å². The Balaban J connectivity index is 1.62. The van der Waals surface area contributed by atoms with Crippen molar-refractivity contribution in [3.63, 3.8) is 0 Å². The van der Waals surface area contributed by atoms with E-state index in [-0.39, 0.29) is 17.9 Å². The number of methoxy groups -OCH3 is 1. The standard InChI is InChI=1S/C26H33N3O3/c1-19(30)28-18-22-17-20(12-15-27-22)24-7-6-16-29(24)25(31)26(13-4-3-5-14-26)21-8-10-23(32-2)11-9-21/h8-12,15,17,24H,3-7,13-14,16,18H2,1-2H3,(H,28,30). The Kier molecular flexibility index (Phi) is 6.77. The number of pyridine rings is 1. The van der Waals surface area contributed by atoms with Gasteiger partial charge in [-0.2, -0.15) is 0 Å². The summed E-state index contributed by atoms with van der Waals surface area (Å²) in [6.07, 6.45) is 8.86. The molecule has 1 aliphatic carbocycles. The van der Waals surface area contributed by atoms with Crippen LogP contribution in [0.2, 0.25) is 0 Å². The van der Waals surface area contributed by atoms with Gasteiger partial charge in [-0.15, -0.1) is 0 Å². The molecular formula is C26H33N3O3. The minimum Gasteiger partial charge on any atom is -0.497 e. The van der Waals surface area contributed by atoms with Crippen LogP contribution < -0.4 is 10.1 Å². The molecule has 0 bridgehead atoms. The van der Waals surface area contributed by atoms with E-state index in [0.717, 1.165) is 67.6 Å². The summed E-state index contributed by atoms with van der Waals surface area (Å²) in [7, 11) is 1.67. The zero-order valence-corrected chi connectivity index (χ0v) is 19.1. The Labute approximate surface area is 190 Å². The van der Waals surface area contributed by atoms with Crippen LogP contribution in [-0.2, 0) is 21.5 Å². The molecule has 1 saturated heterocycles. The number of hydrogen-bond donors (Lipinski definition) is 1. The van der Waals surface area contributed by atoms with Crippen LogP contribution in [0.4, 0.5) is 0 Å². The first-order valence-corrected chi connectivity index (χ1v) is 11.7. The summed E-state index contributed by atoms with van der Waals surface area (Å²) in [5.74, 6) is 0.994. The number of benzene rings is 1. The second-order valence-corrected chi connectivity index (χ2v) is 9.02. The molecule has 0 spiro atoms. The highest BCUT2D eigenvalue weighted by Crippen LogP contribution is 2.44. The Morgan fingerprint density at radius 3 is 2.56 bits per heavy atom. The number of ether oxygens (including phenoxy) is 1. The van der Waals surface area contributed by atoms with E-state index in [1.165, 1.54) is 13.3 Å². The number of aromatic nitrogens is 1. The molecule has 1 aromatic carbocycles. The number of likely N-dealkylation sites (tertiary alicyclic amines) is 1. The molecule has 2 aliphatic rings. The normalized spacial score (nSPS) is 20.1. The Bertz CT molecular complexity index is 951. The van der Waals surface area contributed by atoms with Crippen molar-refractivity contribution in [3.8, 4) is 5.75 Å². The van der Waals surface area contributed by atoms with Gasteiger partial charge in [0.05, 0.1) is 30.8 Å². The minimum absolute atomic E-state index is 0.0543. The summed E-state index contributed by atoms with van der Waals surface area (Å²) in [6.45, 7) is 2.69. The zero-order chi connectivity index (χ0) is 22.6. The molecule has 2 heterocycles. The van der Waals surface area contributed by atoms with Gasteiger partial charge in [0.2, 0.25) is 11.8 Å². The minimum atomic E-state index is -0.459. The van der Waals surface area contributed by atoms with Crippen molar-refractivity contribution in [1.82, 2.24) is 15.2 Å². The van der Waals surface area contributed by atoms with Crippen LogP contribution in [-0.4, -0.2) is 35.4 Å². The predicted octanol–water partition coefficient (Wildman–Crippen LogP) is 4.29. The zero-order valence-electron chi connectivity index (χ0n) is 19.1. The Morgan fingerprint density at radius 2 is 1.88 bits per heavy atom. The average Bonchev–Trinajstić information content (AvgIpc) is 3.33. The van der Waals surface area contributed by atoms with Crippen LogP contribution in [0.1, 0.15) is 74.7 Å². The summed E-state index contributed by atoms with van der Waals surface area (Å²) < 4.78 is 5.34. The maximum Gasteiger partial charge on any atom is 0.233 e. The van der Waals surface area contributed by atoms with Gasteiger partial charge >= 0.3 is 0 Å². The fourth-order valence-electron chi connectivity index (χ4n) is 5.34. The van der Waals surface area contributed by atoms with Gasteiger partial charge in [-0.05, 0) is 61.1 Å². The number of rotatable bonds is 6. The second kappa shape index (κ2) is 9.72. The number of nitrogens with zero attached hydrogens (tertiary/aromatic N) is 2. The fourth-order valence-corrected chi connectivity index (χ4v) is 5.34. The third-order valence-corrected chi connectivity index (χ3v) is 7.02. The SMILES string of the molecule is COc1ccc(C2(C(=O)N3CCCC3c3ccnc(CNC(C)=O)c3)CCCCC2)cc1. The third kappa shape index (κ3) is 4.50. The Morgan fingerprint density at radius 1 is 1.12 bits per heavy atom. The van der Waals surface area contributed by atoms with Crippen LogP contribution in [0.3, 0.4) is 0 Å². The van der Waals surface area contributed by atoms with Crippen LogP contribution in [0.25, 0.3) is 0 Å². The first-order valence-electron chi connectivity index (χ1n) is 11.7. The fraction of sp³-hybridized carbons (Fsp3) is 0.500. The molecule has 1 unspecified atom stereocenters. The van der Waals surface area contributed by atoms with Gasteiger partial charge in [0.15, 0.2) is 0 Å². The molecule has 2 aromatic rings. The first-order chi connectivity index (χ1) is 15.5. The molecule has 2 fully saturated rings. The topological polar surface area (TPSA) is 71.5 Å². The summed E-state index contributed by atoms with van der Waals surface area (Å²) in [6, 6.07) is 12.2. The lowest BCUT2D eigenvalue weighted by Gasteiger charge is -2.41. The highest BCUT2D eigenvalue weighted by Gasteiger charge is 2.46. The van der Waals surface area contributed by atoms with E-state index in [9.17, 15) is 9.59 Å². The van der Waals surface area contributed by atoms with E-state index in [0.29, 0.717) is 6.54 Å². The van der Waals surface area contributed by atoms with Crippen molar-refractivity contribution in [2.75, 3.05) is 13.7 Å². The highest BCUT2D eigenvalue weighted by molar-refractivity contribution is 5.89. The molecule has 1 saturated carbocycles. The largest absolute Gasteiger partial charge is 0.497 e. The molecule has 2 amide bonds. The summed E-state index contributed by atoms with van der Waals surface area (Å²) >= 11 is 0. The van der Waals surface area contributed by atoms with Gasteiger partial charge in [-0.25, -0.2) is 0 Å². The van der Waals surface area contributed by atoms with Gasteiger partial charge < -0.3 is 15.0 Å². The van der Waals surface area contributed by atoms with Crippen molar-refractivity contribution in [1.29, 1.82) is 0 Å². The van der Waals surface area contributed by atoms with Gasteiger partial charge in [0, 0.05) is 19.7 Å². The van der Waals surface area contributed by atoms with Crippen LogP contribution in [0.5, 0.6) is 5.75 Å². The van der Waals surface area contributed by atoms with Crippen molar-refractivity contribution < 1.29 is 14.3 Å². The monoisotopic (exact) mass is 435 g/mol. The lowest BCUT2D eigenvalue weighted by atomic mass is 9.68. The van der Waals surface area contributed by atoms with E-state index in [1.54, 1.807) is 13.3 Å². The van der Waals surface area contributed by atoms with Gasteiger partial charge in [-0.1, -0.05) is 31.4 Å². The molecule has 6 heteroatoms. The highest BCUT2D eigenvalue weighted by atomic mass is 16.5. The molecule has 6 nitrogen and oxygen atoms in total. The maximum absolute atomic E-state index is 14.2. The summed E-state index contributed by atoms with van der Waals surface area (Å²) in [4.78, 5) is 32.0. The lowest BCUT2D eigenvalue weighted by Crippen LogP contribution is -2.47. The molecule has 1 aromatic heterocycles. The smallest absolute Gasteiger partial charge is 0.233 e. The lowest BCUT2D eigenvalue weighted by molar-refractivity contribution is -0.140. The van der Waals surface area contributed by atoms with Crippen LogP contribution in [0.15, 0.2) is 42.6 Å². The van der Waals surface area contributed by atoms with E-state index in [1.807, 2.05) is 24.3 Å². The van der Waals surface area contributed by atoms with Crippen molar-refractivity contribution in [2.45, 2.75) is 69.9 Å². The van der Waals surface area contributed by atoms with E-state index < -0.39 is 5.41 Å². The molecule has 170 valence electrons. The third-order valence-electron chi connectivity index (χ3n) is 7.02. The summed E-state index contributed by atoms with van der Waals surface area (Å²) in [5, 5.41) is 2.81. The first kappa shape index (κ1) is 22.3. The maximum atomic E-state index is 14.2. The number of carbonyl (C=O) groups is 2. The van der Waals surface area contributed by atoms with Gasteiger partial charge in [0.25, 0.3) is 0 Å². The molecule has 0 radical (unpaired) electrons. The number of nitrogens with one attached hydrogen (secondary N) is 1. The quantitative estimate of drug-likeness (QED) is 0.735. The predicted molar refractivity (Wildman–Crippen MR) is 123 cm³/mol. The Hall–Kier alpha value is -2.89. The van der Waals surface area contributed by atoms with Crippen LogP contribution in [0, 0.1) is 0 Å². The molecule has 1 atom stereocenters. The van der Waals surface area contributed by atoms with E-state index >= 15 is 0 Å². The van der Waals surface area contributed by atoms with Crippen molar-refractivity contribution in [2.24, 2.45) is 0 Å². The molecule has 1 aliphatic heterocycles. The molecule has 4 rings (SSSR count). The summed E-state index contributed by atoms with van der Waals surface area (Å²) in [5.41, 5.74) is 2.57. The molecule has 32 heavy (non-hydrogen) atoms. The van der Waals surface area contributed by atoms with Crippen molar-refractivity contribution >= 4 is 11.8 Å².